The molecule has 1 aromatic carbocycles. The first-order valence-electron chi connectivity index (χ1n) is 4.90. The zero-order valence-corrected chi connectivity index (χ0v) is 9.47. The highest BCUT2D eigenvalue weighted by molar-refractivity contribution is 7.09. The maximum Gasteiger partial charge on any atom is 0.130 e. The molecule has 0 aliphatic heterocycles. The molecule has 0 unspecified atom stereocenters. The third-order valence-corrected chi connectivity index (χ3v) is 3.08. The van der Waals surface area contributed by atoms with Crippen LogP contribution in [0.4, 0.5) is 10.1 Å². The van der Waals surface area contributed by atoms with Crippen molar-refractivity contribution in [2.24, 2.45) is 0 Å². The summed E-state index contributed by atoms with van der Waals surface area (Å²) < 4.78 is 18.8. The van der Waals surface area contributed by atoms with Gasteiger partial charge in [0.05, 0.1) is 13.2 Å². The Labute approximate surface area is 97.5 Å². The molecule has 1 heterocycles. The van der Waals surface area contributed by atoms with Crippen LogP contribution in [0.15, 0.2) is 35.7 Å². The second-order valence-electron chi connectivity index (χ2n) is 3.38. The summed E-state index contributed by atoms with van der Waals surface area (Å²) >= 11 is 1.62. The summed E-state index contributed by atoms with van der Waals surface area (Å²) in [7, 11) is 0. The van der Waals surface area contributed by atoms with Gasteiger partial charge in [-0.3, -0.25) is 0 Å². The lowest BCUT2D eigenvalue weighted by Crippen LogP contribution is -2.00. The van der Waals surface area contributed by atoms with Crippen molar-refractivity contribution >= 4 is 17.0 Å². The van der Waals surface area contributed by atoms with E-state index in [-0.39, 0.29) is 12.4 Å². The van der Waals surface area contributed by atoms with Crippen LogP contribution in [0.2, 0.25) is 0 Å². The fraction of sp³-hybridized carbons (Fsp3) is 0.167. The molecule has 0 saturated carbocycles. The van der Waals surface area contributed by atoms with Crippen LogP contribution >= 0.6 is 11.3 Å². The van der Waals surface area contributed by atoms with Gasteiger partial charge in [0.25, 0.3) is 0 Å². The molecule has 2 nitrogen and oxygen atoms in total. The van der Waals surface area contributed by atoms with Crippen LogP contribution < -0.4 is 5.73 Å². The number of rotatable bonds is 4. The minimum atomic E-state index is -0.314. The van der Waals surface area contributed by atoms with Crippen LogP contribution in [-0.2, 0) is 18.0 Å². The van der Waals surface area contributed by atoms with Crippen molar-refractivity contribution < 1.29 is 9.13 Å². The van der Waals surface area contributed by atoms with Gasteiger partial charge in [-0.15, -0.1) is 11.3 Å². The van der Waals surface area contributed by atoms with Crippen LogP contribution in [0.3, 0.4) is 0 Å². The van der Waals surface area contributed by atoms with Crippen LogP contribution in [0, 0.1) is 5.82 Å². The Hall–Kier alpha value is -1.39. The van der Waals surface area contributed by atoms with Gasteiger partial charge in [-0.05, 0) is 23.6 Å². The fourth-order valence-corrected chi connectivity index (χ4v) is 2.02. The Morgan fingerprint density at radius 2 is 2.06 bits per heavy atom. The van der Waals surface area contributed by atoms with Crippen molar-refractivity contribution in [3.05, 3.63) is 52.0 Å². The summed E-state index contributed by atoms with van der Waals surface area (Å²) in [5.74, 6) is -0.314. The third kappa shape index (κ3) is 2.59. The molecule has 0 bridgehead atoms. The lowest BCUT2D eigenvalue weighted by molar-refractivity contribution is 0.107. The molecule has 0 spiro atoms. The van der Waals surface area contributed by atoms with Gasteiger partial charge in [-0.25, -0.2) is 4.39 Å². The van der Waals surface area contributed by atoms with Crippen LogP contribution in [-0.4, -0.2) is 0 Å². The van der Waals surface area contributed by atoms with Gasteiger partial charge in [0.2, 0.25) is 0 Å². The maximum atomic E-state index is 13.4. The van der Waals surface area contributed by atoms with Gasteiger partial charge < -0.3 is 10.5 Å². The van der Waals surface area contributed by atoms with E-state index in [4.69, 9.17) is 10.5 Å². The van der Waals surface area contributed by atoms with E-state index < -0.39 is 0 Å². The number of hydrogen-bond acceptors (Lipinski definition) is 3. The molecule has 0 fully saturated rings. The van der Waals surface area contributed by atoms with E-state index in [2.05, 4.69) is 0 Å². The van der Waals surface area contributed by atoms with Crippen molar-refractivity contribution in [2.45, 2.75) is 13.2 Å². The van der Waals surface area contributed by atoms with E-state index in [1.165, 1.54) is 6.07 Å². The van der Waals surface area contributed by atoms with Crippen molar-refractivity contribution in [1.82, 2.24) is 0 Å². The summed E-state index contributed by atoms with van der Waals surface area (Å²) in [6.45, 7) is 0.696. The van der Waals surface area contributed by atoms with Gasteiger partial charge in [-0.2, -0.15) is 0 Å². The Morgan fingerprint density at radius 3 is 2.75 bits per heavy atom. The molecule has 2 N–H and O–H groups in total. The Balaban J connectivity index is 1.95. The number of ether oxygens (including phenoxy) is 1. The number of anilines is 1. The second-order valence-corrected chi connectivity index (χ2v) is 4.41. The Kier molecular flexibility index (Phi) is 3.54. The summed E-state index contributed by atoms with van der Waals surface area (Å²) in [6.07, 6.45) is 0. The lowest BCUT2D eigenvalue weighted by Gasteiger charge is -2.07. The van der Waals surface area contributed by atoms with E-state index in [0.717, 1.165) is 4.88 Å². The molecule has 0 aliphatic carbocycles. The number of benzene rings is 1. The van der Waals surface area contributed by atoms with Crippen molar-refractivity contribution in [3.8, 4) is 0 Å². The number of halogens is 1. The lowest BCUT2D eigenvalue weighted by atomic mass is 10.2. The number of nitrogen functional groups attached to an aromatic ring is 1. The topological polar surface area (TPSA) is 35.2 Å². The van der Waals surface area contributed by atoms with E-state index in [9.17, 15) is 4.39 Å². The zero-order chi connectivity index (χ0) is 11.4. The van der Waals surface area contributed by atoms with E-state index in [1.807, 2.05) is 17.5 Å². The molecule has 16 heavy (non-hydrogen) atoms. The van der Waals surface area contributed by atoms with Crippen molar-refractivity contribution in [2.75, 3.05) is 5.73 Å². The van der Waals surface area contributed by atoms with Crippen LogP contribution in [0.5, 0.6) is 0 Å². The molecule has 2 aromatic rings. The highest BCUT2D eigenvalue weighted by Gasteiger charge is 2.05. The first-order chi connectivity index (χ1) is 7.77. The summed E-state index contributed by atoms with van der Waals surface area (Å²) in [6, 6.07) is 8.59. The van der Waals surface area contributed by atoms with Crippen molar-refractivity contribution in [1.29, 1.82) is 0 Å². The van der Waals surface area contributed by atoms with Crippen LogP contribution in [0.25, 0.3) is 0 Å². The highest BCUT2D eigenvalue weighted by atomic mass is 32.1. The number of nitrogens with two attached hydrogens (primary N) is 1. The molecular formula is C12H12FNOS. The monoisotopic (exact) mass is 237 g/mol. The molecular weight excluding hydrogens is 225 g/mol. The van der Waals surface area contributed by atoms with Gasteiger partial charge in [0, 0.05) is 16.1 Å². The molecule has 4 heteroatoms. The predicted molar refractivity (Wildman–Crippen MR) is 63.6 cm³/mol. The molecule has 0 amide bonds. The Bertz CT molecular complexity index is 436. The highest BCUT2D eigenvalue weighted by Crippen LogP contribution is 2.18. The third-order valence-electron chi connectivity index (χ3n) is 2.23. The number of thiophene rings is 1. The normalized spacial score (nSPS) is 10.6. The second kappa shape index (κ2) is 5.09. The first kappa shape index (κ1) is 11.1. The largest absolute Gasteiger partial charge is 0.398 e. The molecule has 0 radical (unpaired) electrons. The minimum absolute atomic E-state index is 0.205. The molecule has 0 saturated heterocycles. The Morgan fingerprint density at radius 1 is 1.19 bits per heavy atom. The van der Waals surface area contributed by atoms with Crippen molar-refractivity contribution in [3.63, 3.8) is 0 Å². The summed E-state index contributed by atoms with van der Waals surface area (Å²) in [4.78, 5) is 1.12. The SMILES string of the molecule is Nc1cccc(F)c1COCc1cccs1. The van der Waals surface area contributed by atoms with Gasteiger partial charge in [-0.1, -0.05) is 12.1 Å². The quantitative estimate of drug-likeness (QED) is 0.829. The van der Waals surface area contributed by atoms with Gasteiger partial charge in [0.15, 0.2) is 0 Å². The molecule has 0 aliphatic rings. The maximum absolute atomic E-state index is 13.4. The predicted octanol–water partition coefficient (Wildman–Crippen LogP) is 3.19. The van der Waals surface area contributed by atoms with E-state index in [0.29, 0.717) is 17.9 Å². The standard InChI is InChI=1S/C12H12FNOS/c13-11-4-1-5-12(14)10(11)8-15-7-9-3-2-6-16-9/h1-6H,7-8,14H2. The summed E-state index contributed by atoms with van der Waals surface area (Å²) in [5, 5.41) is 1.98. The van der Waals surface area contributed by atoms with Gasteiger partial charge >= 0.3 is 0 Å². The van der Waals surface area contributed by atoms with E-state index >= 15 is 0 Å². The molecule has 0 atom stereocenters. The minimum Gasteiger partial charge on any atom is -0.398 e. The van der Waals surface area contributed by atoms with E-state index in [1.54, 1.807) is 23.5 Å². The fourth-order valence-electron chi connectivity index (χ4n) is 1.38. The molecule has 84 valence electrons. The van der Waals surface area contributed by atoms with Crippen LogP contribution in [0.1, 0.15) is 10.4 Å². The number of hydrogen-bond donors (Lipinski definition) is 1. The average Bonchev–Trinajstić information content (AvgIpc) is 2.75. The first-order valence-corrected chi connectivity index (χ1v) is 5.78. The van der Waals surface area contributed by atoms with Gasteiger partial charge in [0.1, 0.15) is 5.82 Å². The zero-order valence-electron chi connectivity index (χ0n) is 8.65. The molecule has 2 rings (SSSR count). The average molecular weight is 237 g/mol. The molecule has 1 aromatic heterocycles. The smallest absolute Gasteiger partial charge is 0.130 e. The summed E-state index contributed by atoms with van der Waals surface area (Å²) in [5.41, 5.74) is 6.53.